The molecule has 1 aromatic heterocycles. The van der Waals surface area contributed by atoms with Crippen molar-refractivity contribution in [2.24, 2.45) is 0 Å². The van der Waals surface area contributed by atoms with E-state index >= 15 is 0 Å². The fraction of sp³-hybridized carbons (Fsp3) is 0.417. The number of aromatic nitrogens is 1. The summed E-state index contributed by atoms with van der Waals surface area (Å²) >= 11 is 5.58. The second kappa shape index (κ2) is 6.46. The molecule has 0 fully saturated rings. The van der Waals surface area contributed by atoms with Gasteiger partial charge < -0.3 is 4.74 Å². The molecule has 1 aromatic rings. The van der Waals surface area contributed by atoms with Gasteiger partial charge in [0.15, 0.2) is 0 Å². The van der Waals surface area contributed by atoms with Gasteiger partial charge in [0, 0.05) is 12.1 Å². The highest BCUT2D eigenvalue weighted by Crippen LogP contribution is 2.14. The van der Waals surface area contributed by atoms with E-state index < -0.39 is 0 Å². The monoisotopic (exact) mass is 225 g/mol. The summed E-state index contributed by atoms with van der Waals surface area (Å²) in [5, 5.41) is 0. The second-order valence-electron chi connectivity index (χ2n) is 3.50. The summed E-state index contributed by atoms with van der Waals surface area (Å²) in [6.45, 7) is 3.99. The third-order valence-electron chi connectivity index (χ3n) is 1.69. The van der Waals surface area contributed by atoms with Gasteiger partial charge in [0.25, 0.3) is 0 Å². The predicted molar refractivity (Wildman–Crippen MR) is 64.4 cm³/mol. The van der Waals surface area contributed by atoms with Crippen LogP contribution in [-0.2, 0) is 0 Å². The van der Waals surface area contributed by atoms with Crippen LogP contribution in [0.1, 0.15) is 25.8 Å². The van der Waals surface area contributed by atoms with E-state index in [9.17, 15) is 0 Å². The van der Waals surface area contributed by atoms with E-state index in [0.717, 1.165) is 17.7 Å². The van der Waals surface area contributed by atoms with Gasteiger partial charge in [-0.2, -0.15) is 0 Å². The summed E-state index contributed by atoms with van der Waals surface area (Å²) in [5.41, 5.74) is 1.04. The summed E-state index contributed by atoms with van der Waals surface area (Å²) in [6, 6.07) is 1.97. The number of alkyl halides is 1. The minimum atomic E-state index is 0.175. The first-order valence-electron chi connectivity index (χ1n) is 5.06. The van der Waals surface area contributed by atoms with Crippen molar-refractivity contribution in [1.82, 2.24) is 4.98 Å². The molecule has 15 heavy (non-hydrogen) atoms. The molecule has 82 valence electrons. The summed E-state index contributed by atoms with van der Waals surface area (Å²) in [4.78, 5) is 4.11. The molecule has 2 nitrogen and oxygen atoms in total. The Kier molecular flexibility index (Phi) is 5.19. The number of hydrogen-bond acceptors (Lipinski definition) is 2. The summed E-state index contributed by atoms with van der Waals surface area (Å²) < 4.78 is 5.54. The Balaban J connectivity index is 2.65. The first-order valence-corrected chi connectivity index (χ1v) is 5.60. The maximum Gasteiger partial charge on any atom is 0.138 e. The van der Waals surface area contributed by atoms with Crippen molar-refractivity contribution in [3.8, 4) is 5.75 Å². The molecule has 0 spiro atoms. The first-order chi connectivity index (χ1) is 7.22. The topological polar surface area (TPSA) is 22.1 Å². The van der Waals surface area contributed by atoms with Crippen LogP contribution in [0.15, 0.2) is 24.5 Å². The lowest BCUT2D eigenvalue weighted by Crippen LogP contribution is -2.05. The van der Waals surface area contributed by atoms with Gasteiger partial charge in [-0.05, 0) is 31.9 Å². The van der Waals surface area contributed by atoms with E-state index in [1.165, 1.54) is 0 Å². The zero-order valence-electron chi connectivity index (χ0n) is 9.11. The molecule has 0 aliphatic carbocycles. The third-order valence-corrected chi connectivity index (χ3v) is 1.91. The van der Waals surface area contributed by atoms with Gasteiger partial charge >= 0.3 is 0 Å². The lowest BCUT2D eigenvalue weighted by molar-refractivity contribution is 0.241. The molecule has 0 aliphatic rings. The SMILES string of the molecule is CC(C)Oc1cncc(/C=C/CCCl)c1. The molecule has 3 heteroatoms. The van der Waals surface area contributed by atoms with Crippen LogP contribution in [-0.4, -0.2) is 17.0 Å². The van der Waals surface area contributed by atoms with Gasteiger partial charge in [-0.1, -0.05) is 12.2 Å². The molecule has 1 rings (SSSR count). The molecule has 0 amide bonds. The van der Waals surface area contributed by atoms with Crippen LogP contribution in [0.3, 0.4) is 0 Å². The van der Waals surface area contributed by atoms with Crippen LogP contribution in [0.5, 0.6) is 5.75 Å². The van der Waals surface area contributed by atoms with Crippen molar-refractivity contribution >= 4 is 17.7 Å². The highest BCUT2D eigenvalue weighted by molar-refractivity contribution is 6.17. The summed E-state index contributed by atoms with van der Waals surface area (Å²) in [7, 11) is 0. The molecular formula is C12H16ClNO. The molecule has 0 bridgehead atoms. The van der Waals surface area contributed by atoms with Crippen LogP contribution in [0.2, 0.25) is 0 Å². The van der Waals surface area contributed by atoms with E-state index in [-0.39, 0.29) is 6.10 Å². The Morgan fingerprint density at radius 1 is 1.47 bits per heavy atom. The van der Waals surface area contributed by atoms with Gasteiger partial charge in [0.2, 0.25) is 0 Å². The first kappa shape index (κ1) is 12.1. The Morgan fingerprint density at radius 2 is 2.27 bits per heavy atom. The lowest BCUT2D eigenvalue weighted by Gasteiger charge is -2.08. The zero-order valence-corrected chi connectivity index (χ0v) is 9.87. The van der Waals surface area contributed by atoms with Crippen molar-refractivity contribution in [2.45, 2.75) is 26.4 Å². The number of nitrogens with zero attached hydrogens (tertiary/aromatic N) is 1. The molecule has 0 atom stereocenters. The fourth-order valence-electron chi connectivity index (χ4n) is 1.15. The zero-order chi connectivity index (χ0) is 11.1. The van der Waals surface area contributed by atoms with Crippen molar-refractivity contribution < 1.29 is 4.74 Å². The van der Waals surface area contributed by atoms with Crippen LogP contribution < -0.4 is 4.74 Å². The highest BCUT2D eigenvalue weighted by atomic mass is 35.5. The minimum Gasteiger partial charge on any atom is -0.489 e. The highest BCUT2D eigenvalue weighted by Gasteiger charge is 1.97. The van der Waals surface area contributed by atoms with Crippen molar-refractivity contribution in [3.63, 3.8) is 0 Å². The molecule has 0 aromatic carbocycles. The van der Waals surface area contributed by atoms with Crippen LogP contribution in [0, 0.1) is 0 Å². The maximum atomic E-state index is 5.58. The fourth-order valence-corrected chi connectivity index (χ4v) is 1.27. The van der Waals surface area contributed by atoms with Crippen molar-refractivity contribution in [3.05, 3.63) is 30.1 Å². The number of hydrogen-bond donors (Lipinski definition) is 0. The Hall–Kier alpha value is -1.02. The predicted octanol–water partition coefficient (Wildman–Crippen LogP) is 3.51. The number of rotatable bonds is 5. The van der Waals surface area contributed by atoms with Gasteiger partial charge in [0.05, 0.1) is 12.3 Å². The van der Waals surface area contributed by atoms with Crippen LogP contribution in [0.25, 0.3) is 6.08 Å². The average Bonchev–Trinajstić information content (AvgIpc) is 2.18. The Morgan fingerprint density at radius 3 is 2.93 bits per heavy atom. The molecule has 1 heterocycles. The molecule has 0 saturated carbocycles. The lowest BCUT2D eigenvalue weighted by atomic mass is 10.2. The van der Waals surface area contributed by atoms with Crippen molar-refractivity contribution in [1.29, 1.82) is 0 Å². The van der Waals surface area contributed by atoms with E-state index in [1.807, 2.05) is 32.1 Å². The van der Waals surface area contributed by atoms with E-state index in [1.54, 1.807) is 12.4 Å². The van der Waals surface area contributed by atoms with E-state index in [0.29, 0.717) is 5.88 Å². The normalized spacial score (nSPS) is 11.2. The van der Waals surface area contributed by atoms with Crippen LogP contribution in [0.4, 0.5) is 0 Å². The standard InChI is InChI=1S/C12H16ClNO/c1-10(2)15-12-7-11(8-14-9-12)5-3-4-6-13/h3,5,7-10H,4,6H2,1-2H3/b5-3+. The number of pyridine rings is 1. The number of halogens is 1. The Bertz CT molecular complexity index is 323. The maximum absolute atomic E-state index is 5.58. The van der Waals surface area contributed by atoms with Crippen LogP contribution >= 0.6 is 11.6 Å². The third kappa shape index (κ3) is 4.84. The smallest absolute Gasteiger partial charge is 0.138 e. The summed E-state index contributed by atoms with van der Waals surface area (Å²) in [6.07, 6.45) is 8.60. The second-order valence-corrected chi connectivity index (χ2v) is 3.88. The average molecular weight is 226 g/mol. The number of ether oxygens (including phenoxy) is 1. The van der Waals surface area contributed by atoms with Gasteiger partial charge in [-0.3, -0.25) is 4.98 Å². The van der Waals surface area contributed by atoms with Gasteiger partial charge in [-0.25, -0.2) is 0 Å². The molecule has 0 unspecified atom stereocenters. The van der Waals surface area contributed by atoms with E-state index in [2.05, 4.69) is 4.98 Å². The van der Waals surface area contributed by atoms with E-state index in [4.69, 9.17) is 16.3 Å². The Labute approximate surface area is 95.9 Å². The molecule has 0 aliphatic heterocycles. The summed E-state index contributed by atoms with van der Waals surface area (Å²) in [5.74, 6) is 1.45. The molecule has 0 N–H and O–H groups in total. The van der Waals surface area contributed by atoms with Gasteiger partial charge in [0.1, 0.15) is 5.75 Å². The molecule has 0 radical (unpaired) electrons. The molecule has 0 saturated heterocycles. The minimum absolute atomic E-state index is 0.175. The quantitative estimate of drug-likeness (QED) is 0.716. The molecular weight excluding hydrogens is 210 g/mol. The largest absolute Gasteiger partial charge is 0.489 e. The number of allylic oxidation sites excluding steroid dienone is 1. The van der Waals surface area contributed by atoms with Gasteiger partial charge in [-0.15, -0.1) is 11.6 Å². The van der Waals surface area contributed by atoms with Crippen molar-refractivity contribution in [2.75, 3.05) is 5.88 Å².